The summed E-state index contributed by atoms with van der Waals surface area (Å²) in [7, 11) is 0. The molecule has 0 spiro atoms. The zero-order valence-corrected chi connectivity index (χ0v) is 18.5. The van der Waals surface area contributed by atoms with Gasteiger partial charge in [-0.25, -0.2) is 9.97 Å². The second kappa shape index (κ2) is 9.61. The summed E-state index contributed by atoms with van der Waals surface area (Å²) in [6.45, 7) is 4.02. The van der Waals surface area contributed by atoms with E-state index in [4.69, 9.17) is 19.6 Å². The van der Waals surface area contributed by atoms with Gasteiger partial charge >= 0.3 is 0 Å². The Morgan fingerprint density at radius 2 is 1.88 bits per heavy atom. The summed E-state index contributed by atoms with van der Waals surface area (Å²) >= 11 is 0. The fourth-order valence-electron chi connectivity index (χ4n) is 4.02. The number of oxazole rings is 1. The first kappa shape index (κ1) is 22.0. The van der Waals surface area contributed by atoms with Gasteiger partial charge in [-0.05, 0) is 25.0 Å². The number of aromatic nitrogens is 4. The zero-order valence-electron chi connectivity index (χ0n) is 18.5. The van der Waals surface area contributed by atoms with Gasteiger partial charge in [0.25, 0.3) is 11.8 Å². The molecule has 3 aromatic heterocycles. The number of nitrogens with one attached hydrogen (secondary N) is 1. The van der Waals surface area contributed by atoms with Crippen LogP contribution in [0.4, 0.5) is 11.5 Å². The topological polar surface area (TPSA) is 151 Å². The number of nitrogens with two attached hydrogens (primary N) is 1. The number of pyridine rings is 1. The summed E-state index contributed by atoms with van der Waals surface area (Å²) in [6, 6.07) is 3.70. The normalized spacial score (nSPS) is 17.0. The Morgan fingerprint density at radius 3 is 2.65 bits per heavy atom. The van der Waals surface area contributed by atoms with E-state index in [2.05, 4.69) is 25.3 Å². The molecule has 12 heteroatoms. The third-order valence-corrected chi connectivity index (χ3v) is 5.84. The van der Waals surface area contributed by atoms with Crippen LogP contribution < -0.4 is 16.0 Å². The van der Waals surface area contributed by atoms with Gasteiger partial charge in [0, 0.05) is 44.3 Å². The highest BCUT2D eigenvalue weighted by atomic mass is 16.5. The van der Waals surface area contributed by atoms with Crippen LogP contribution in [0.1, 0.15) is 39.9 Å². The number of hydrogen-bond acceptors (Lipinski definition) is 9. The molecule has 2 aliphatic rings. The maximum Gasteiger partial charge on any atom is 0.277 e. The molecule has 2 amide bonds. The van der Waals surface area contributed by atoms with E-state index in [-0.39, 0.29) is 29.0 Å². The lowest BCUT2D eigenvalue weighted by molar-refractivity contribution is 0.0661. The number of primary amides is 1. The van der Waals surface area contributed by atoms with E-state index >= 15 is 0 Å². The number of amides is 2. The Balaban J connectivity index is 1.33. The average molecular weight is 467 g/mol. The van der Waals surface area contributed by atoms with Crippen LogP contribution in [-0.2, 0) is 9.47 Å². The number of hydrogen-bond donors (Lipinski definition) is 2. The van der Waals surface area contributed by atoms with Crippen LogP contribution in [-0.4, -0.2) is 71.1 Å². The SMILES string of the molecule is NC(=O)c1nn(C2CCOCC2)cc1NC(=O)c1coc(-c2ccnc(N3CCOCC3)c2)n1. The molecule has 2 fully saturated rings. The fourth-order valence-corrected chi connectivity index (χ4v) is 4.02. The van der Waals surface area contributed by atoms with Gasteiger partial charge in [-0.1, -0.05) is 0 Å². The van der Waals surface area contributed by atoms with Crippen molar-refractivity contribution in [3.8, 4) is 11.5 Å². The first-order valence-corrected chi connectivity index (χ1v) is 11.1. The van der Waals surface area contributed by atoms with Crippen LogP contribution in [0.15, 0.2) is 35.2 Å². The van der Waals surface area contributed by atoms with Crippen LogP contribution in [0.25, 0.3) is 11.5 Å². The first-order chi connectivity index (χ1) is 16.6. The Bertz CT molecular complexity index is 1180. The molecule has 0 bridgehead atoms. The summed E-state index contributed by atoms with van der Waals surface area (Å²) in [5.74, 6) is -0.187. The Labute approximate surface area is 195 Å². The molecule has 5 heterocycles. The highest BCUT2D eigenvalue weighted by molar-refractivity contribution is 6.07. The van der Waals surface area contributed by atoms with Gasteiger partial charge in [0.15, 0.2) is 11.4 Å². The first-order valence-electron chi connectivity index (χ1n) is 11.1. The second-order valence-corrected chi connectivity index (χ2v) is 8.07. The molecule has 2 aliphatic heterocycles. The zero-order chi connectivity index (χ0) is 23.5. The van der Waals surface area contributed by atoms with Crippen molar-refractivity contribution in [2.24, 2.45) is 5.73 Å². The lowest BCUT2D eigenvalue weighted by Crippen LogP contribution is -2.36. The average Bonchev–Trinajstić information content (AvgIpc) is 3.53. The van der Waals surface area contributed by atoms with E-state index in [0.29, 0.717) is 32.0 Å². The predicted molar refractivity (Wildman–Crippen MR) is 121 cm³/mol. The number of morpholine rings is 1. The number of nitrogens with zero attached hydrogens (tertiary/aromatic N) is 5. The Kier molecular flexibility index (Phi) is 6.23. The van der Waals surface area contributed by atoms with E-state index in [1.807, 2.05) is 6.07 Å². The second-order valence-electron chi connectivity index (χ2n) is 8.07. The summed E-state index contributed by atoms with van der Waals surface area (Å²) in [4.78, 5) is 35.6. The number of carbonyl (C=O) groups is 2. The van der Waals surface area contributed by atoms with Gasteiger partial charge in [0.2, 0.25) is 5.89 Å². The number of carbonyl (C=O) groups excluding carboxylic acids is 2. The van der Waals surface area contributed by atoms with E-state index in [9.17, 15) is 9.59 Å². The molecule has 0 radical (unpaired) electrons. The summed E-state index contributed by atoms with van der Waals surface area (Å²) < 4.78 is 18.0. The molecule has 0 atom stereocenters. The molecule has 2 saturated heterocycles. The van der Waals surface area contributed by atoms with E-state index in [1.54, 1.807) is 23.1 Å². The highest BCUT2D eigenvalue weighted by Gasteiger charge is 2.24. The van der Waals surface area contributed by atoms with Crippen molar-refractivity contribution in [3.63, 3.8) is 0 Å². The molecule has 178 valence electrons. The van der Waals surface area contributed by atoms with Crippen molar-refractivity contribution in [2.75, 3.05) is 49.7 Å². The van der Waals surface area contributed by atoms with Crippen molar-refractivity contribution in [1.82, 2.24) is 19.7 Å². The van der Waals surface area contributed by atoms with Crippen molar-refractivity contribution >= 4 is 23.3 Å². The smallest absolute Gasteiger partial charge is 0.277 e. The van der Waals surface area contributed by atoms with Crippen molar-refractivity contribution in [3.05, 3.63) is 42.2 Å². The van der Waals surface area contributed by atoms with Crippen LogP contribution in [0.5, 0.6) is 0 Å². The molecule has 3 aromatic rings. The molecule has 0 aromatic carbocycles. The van der Waals surface area contributed by atoms with Gasteiger partial charge in [-0.3, -0.25) is 14.3 Å². The maximum absolute atomic E-state index is 12.9. The fraction of sp³-hybridized carbons (Fsp3) is 0.409. The van der Waals surface area contributed by atoms with Gasteiger partial charge in [0.1, 0.15) is 12.1 Å². The van der Waals surface area contributed by atoms with Crippen LogP contribution >= 0.6 is 0 Å². The minimum absolute atomic E-state index is 0.00662. The molecule has 3 N–H and O–H groups in total. The lowest BCUT2D eigenvalue weighted by atomic mass is 10.1. The summed E-state index contributed by atoms with van der Waals surface area (Å²) in [5.41, 5.74) is 6.47. The van der Waals surface area contributed by atoms with Gasteiger partial charge in [-0.2, -0.15) is 5.10 Å². The molecule has 0 aliphatic carbocycles. The van der Waals surface area contributed by atoms with Gasteiger partial charge < -0.3 is 29.8 Å². The minimum Gasteiger partial charge on any atom is -0.444 e. The molecule has 34 heavy (non-hydrogen) atoms. The monoisotopic (exact) mass is 467 g/mol. The molecule has 0 unspecified atom stereocenters. The van der Waals surface area contributed by atoms with Crippen LogP contribution in [0.3, 0.4) is 0 Å². The van der Waals surface area contributed by atoms with Crippen LogP contribution in [0, 0.1) is 0 Å². The van der Waals surface area contributed by atoms with E-state index in [0.717, 1.165) is 31.7 Å². The Morgan fingerprint density at radius 1 is 1.12 bits per heavy atom. The molecule has 12 nitrogen and oxygen atoms in total. The third-order valence-electron chi connectivity index (χ3n) is 5.84. The highest BCUT2D eigenvalue weighted by Crippen LogP contribution is 2.26. The molecule has 5 rings (SSSR count). The summed E-state index contributed by atoms with van der Waals surface area (Å²) in [5, 5.41) is 6.98. The predicted octanol–water partition coefficient (Wildman–Crippen LogP) is 1.47. The maximum atomic E-state index is 12.9. The number of rotatable bonds is 6. The molecular weight excluding hydrogens is 442 g/mol. The molecular formula is C22H25N7O5. The third kappa shape index (κ3) is 4.63. The van der Waals surface area contributed by atoms with Crippen molar-refractivity contribution in [2.45, 2.75) is 18.9 Å². The van der Waals surface area contributed by atoms with Gasteiger partial charge in [0.05, 0.1) is 24.9 Å². The van der Waals surface area contributed by atoms with E-state index < -0.39 is 11.8 Å². The minimum atomic E-state index is -0.727. The largest absolute Gasteiger partial charge is 0.444 e. The van der Waals surface area contributed by atoms with Crippen LogP contribution in [0.2, 0.25) is 0 Å². The standard InChI is InChI=1S/C22H25N7O5/c23-20(30)19-16(12-29(27-19)15-2-7-32-8-3-15)25-21(31)17-13-34-22(26-17)14-1-4-24-18(11-14)28-5-9-33-10-6-28/h1,4,11-13,15H,2-3,5-10H2,(H2,23,30)(H,25,31). The summed E-state index contributed by atoms with van der Waals surface area (Å²) in [6.07, 6.45) is 6.09. The number of anilines is 2. The molecule has 0 saturated carbocycles. The van der Waals surface area contributed by atoms with Gasteiger partial charge in [-0.15, -0.1) is 0 Å². The van der Waals surface area contributed by atoms with Crippen molar-refractivity contribution < 1.29 is 23.5 Å². The van der Waals surface area contributed by atoms with Crippen molar-refractivity contribution in [1.29, 1.82) is 0 Å². The lowest BCUT2D eigenvalue weighted by Gasteiger charge is -2.27. The van der Waals surface area contributed by atoms with E-state index in [1.165, 1.54) is 6.26 Å². The number of ether oxygens (including phenoxy) is 2. The quantitative estimate of drug-likeness (QED) is 0.549. The Hall–Kier alpha value is -3.77.